The summed E-state index contributed by atoms with van der Waals surface area (Å²) in [6.07, 6.45) is 1.05. The lowest BCUT2D eigenvalue weighted by Crippen LogP contribution is -2.26. The van der Waals surface area contributed by atoms with Gasteiger partial charge in [-0.3, -0.25) is 0 Å². The van der Waals surface area contributed by atoms with Crippen LogP contribution >= 0.6 is 34.2 Å². The zero-order chi connectivity index (χ0) is 14.4. The van der Waals surface area contributed by atoms with E-state index in [4.69, 9.17) is 16.3 Å². The smallest absolute Gasteiger partial charge is 0.419 e. The van der Waals surface area contributed by atoms with Crippen molar-refractivity contribution in [3.05, 3.63) is 32.7 Å². The molecule has 0 amide bonds. The minimum absolute atomic E-state index is 0.184. The molecule has 0 saturated heterocycles. The summed E-state index contributed by atoms with van der Waals surface area (Å²) in [6, 6.07) is 2.53. The van der Waals surface area contributed by atoms with Gasteiger partial charge in [0.05, 0.1) is 10.5 Å². The van der Waals surface area contributed by atoms with Gasteiger partial charge in [-0.25, -0.2) is 13.8 Å². The second-order valence-electron chi connectivity index (χ2n) is 5.11. The lowest BCUT2D eigenvalue weighted by atomic mass is 10.2. The molecule has 0 saturated carbocycles. The van der Waals surface area contributed by atoms with Crippen LogP contribution in [0.3, 0.4) is 0 Å². The fourth-order valence-electron chi connectivity index (χ4n) is 1.70. The summed E-state index contributed by atoms with van der Waals surface area (Å²) in [7, 11) is 0. The molecule has 0 aliphatic heterocycles. The van der Waals surface area contributed by atoms with E-state index in [1.807, 2.05) is 22.6 Å². The van der Waals surface area contributed by atoms with Gasteiger partial charge in [0.15, 0.2) is 0 Å². The first kappa shape index (κ1) is 14.6. The molecule has 1 aromatic carbocycles. The molecule has 0 radical (unpaired) electrons. The highest BCUT2D eigenvalue weighted by Gasteiger charge is 2.22. The Bertz CT molecular complexity index is 661. The normalized spacial score (nSPS) is 11.9. The van der Waals surface area contributed by atoms with Crippen molar-refractivity contribution >= 4 is 51.2 Å². The first-order valence-corrected chi connectivity index (χ1v) is 7.03. The SMILES string of the molecule is CC(C)(C)OC(=O)n1cc(I)c2cc(F)cc(Cl)c21. The zero-order valence-corrected chi connectivity index (χ0v) is 13.5. The van der Waals surface area contributed by atoms with Crippen molar-refractivity contribution in [2.75, 3.05) is 0 Å². The molecule has 19 heavy (non-hydrogen) atoms. The van der Waals surface area contributed by atoms with E-state index >= 15 is 0 Å². The highest BCUT2D eigenvalue weighted by molar-refractivity contribution is 14.1. The Morgan fingerprint density at radius 3 is 2.63 bits per heavy atom. The van der Waals surface area contributed by atoms with E-state index < -0.39 is 17.5 Å². The number of hydrogen-bond donors (Lipinski definition) is 0. The second-order valence-corrected chi connectivity index (χ2v) is 6.68. The molecule has 0 bridgehead atoms. The number of benzene rings is 1. The van der Waals surface area contributed by atoms with Gasteiger partial charge in [0.25, 0.3) is 0 Å². The van der Waals surface area contributed by atoms with Crippen LogP contribution in [-0.2, 0) is 4.74 Å². The topological polar surface area (TPSA) is 31.2 Å². The lowest BCUT2D eigenvalue weighted by molar-refractivity contribution is 0.0544. The van der Waals surface area contributed by atoms with Gasteiger partial charge in [0.2, 0.25) is 0 Å². The van der Waals surface area contributed by atoms with E-state index in [0.717, 1.165) is 3.57 Å². The fourth-order valence-corrected chi connectivity index (χ4v) is 2.68. The van der Waals surface area contributed by atoms with Crippen molar-refractivity contribution in [2.45, 2.75) is 26.4 Å². The van der Waals surface area contributed by atoms with Crippen molar-refractivity contribution < 1.29 is 13.9 Å². The van der Waals surface area contributed by atoms with E-state index in [1.54, 1.807) is 27.0 Å². The number of nitrogens with zero attached hydrogens (tertiary/aromatic N) is 1. The fraction of sp³-hybridized carbons (Fsp3) is 0.308. The monoisotopic (exact) mass is 395 g/mol. The molecule has 2 rings (SSSR count). The van der Waals surface area contributed by atoms with Gasteiger partial charge in [-0.1, -0.05) is 11.6 Å². The van der Waals surface area contributed by atoms with E-state index in [0.29, 0.717) is 10.9 Å². The van der Waals surface area contributed by atoms with Gasteiger partial charge >= 0.3 is 6.09 Å². The third-order valence-electron chi connectivity index (χ3n) is 2.36. The summed E-state index contributed by atoms with van der Waals surface area (Å²) in [5.41, 5.74) is -0.146. The van der Waals surface area contributed by atoms with Crippen molar-refractivity contribution in [2.24, 2.45) is 0 Å². The summed E-state index contributed by atoms with van der Waals surface area (Å²) in [6.45, 7) is 5.34. The van der Waals surface area contributed by atoms with Crippen molar-refractivity contribution in [3.8, 4) is 0 Å². The first-order valence-electron chi connectivity index (χ1n) is 5.58. The molecular formula is C13H12ClFINO2. The molecule has 0 aliphatic rings. The zero-order valence-electron chi connectivity index (χ0n) is 10.6. The van der Waals surface area contributed by atoms with Crippen molar-refractivity contribution in [1.29, 1.82) is 0 Å². The maximum absolute atomic E-state index is 13.3. The Labute approximate surface area is 128 Å². The average Bonchev–Trinajstić information content (AvgIpc) is 2.54. The third kappa shape index (κ3) is 3.02. The lowest BCUT2D eigenvalue weighted by Gasteiger charge is -2.19. The van der Waals surface area contributed by atoms with Gasteiger partial charge in [-0.05, 0) is 55.5 Å². The molecule has 2 aromatic rings. The van der Waals surface area contributed by atoms with Gasteiger partial charge < -0.3 is 4.74 Å². The van der Waals surface area contributed by atoms with Crippen molar-refractivity contribution in [3.63, 3.8) is 0 Å². The predicted octanol–water partition coefficient (Wildman–Crippen LogP) is 4.82. The predicted molar refractivity (Wildman–Crippen MR) is 81.3 cm³/mol. The standard InChI is InChI=1S/C13H12ClFINO2/c1-13(2,3)19-12(18)17-6-10(16)8-4-7(15)5-9(14)11(8)17/h4-6H,1-3H3. The number of aromatic nitrogens is 1. The number of hydrogen-bond acceptors (Lipinski definition) is 2. The number of halogens is 3. The van der Waals surface area contributed by atoms with Crippen LogP contribution in [0, 0.1) is 9.39 Å². The van der Waals surface area contributed by atoms with E-state index in [9.17, 15) is 9.18 Å². The molecule has 0 atom stereocenters. The number of rotatable bonds is 0. The van der Waals surface area contributed by atoms with Crippen LogP contribution in [0.4, 0.5) is 9.18 Å². The van der Waals surface area contributed by atoms with E-state index in [1.165, 1.54) is 16.7 Å². The summed E-state index contributed by atoms with van der Waals surface area (Å²) < 4.78 is 20.7. The number of fused-ring (bicyclic) bond motifs is 1. The first-order chi connectivity index (χ1) is 8.69. The summed E-state index contributed by atoms with van der Waals surface area (Å²) >= 11 is 8.05. The summed E-state index contributed by atoms with van der Waals surface area (Å²) in [5.74, 6) is -0.433. The molecule has 3 nitrogen and oxygen atoms in total. The number of carbonyl (C=O) groups is 1. The largest absolute Gasteiger partial charge is 0.443 e. The van der Waals surface area contributed by atoms with E-state index in [2.05, 4.69) is 0 Å². The summed E-state index contributed by atoms with van der Waals surface area (Å²) in [5, 5.41) is 0.778. The Hall–Kier alpha value is -0.820. The Morgan fingerprint density at radius 1 is 1.42 bits per heavy atom. The second kappa shape index (κ2) is 4.94. The Kier molecular flexibility index (Phi) is 3.79. The maximum atomic E-state index is 13.3. The molecule has 0 N–H and O–H groups in total. The van der Waals surface area contributed by atoms with Crippen LogP contribution in [0.25, 0.3) is 10.9 Å². The molecule has 0 spiro atoms. The minimum Gasteiger partial charge on any atom is -0.443 e. The molecule has 102 valence electrons. The van der Waals surface area contributed by atoms with Gasteiger partial charge in [-0.2, -0.15) is 0 Å². The molecule has 0 aliphatic carbocycles. The minimum atomic E-state index is -0.606. The van der Waals surface area contributed by atoms with Gasteiger partial charge in [-0.15, -0.1) is 0 Å². The van der Waals surface area contributed by atoms with Crippen LogP contribution in [0.15, 0.2) is 18.3 Å². The molecule has 6 heteroatoms. The van der Waals surface area contributed by atoms with E-state index in [-0.39, 0.29) is 5.02 Å². The van der Waals surface area contributed by atoms with Crippen LogP contribution in [0.5, 0.6) is 0 Å². The molecule has 0 fully saturated rings. The molecule has 1 heterocycles. The molecule has 1 aromatic heterocycles. The number of carbonyl (C=O) groups excluding carboxylic acids is 1. The van der Waals surface area contributed by atoms with Crippen LogP contribution in [0.1, 0.15) is 20.8 Å². The van der Waals surface area contributed by atoms with Gasteiger partial charge in [0.1, 0.15) is 11.4 Å². The van der Waals surface area contributed by atoms with Gasteiger partial charge in [0, 0.05) is 15.2 Å². The Morgan fingerprint density at radius 2 is 2.05 bits per heavy atom. The number of ether oxygens (including phenoxy) is 1. The van der Waals surface area contributed by atoms with Crippen molar-refractivity contribution in [1.82, 2.24) is 4.57 Å². The molecular weight excluding hydrogens is 384 g/mol. The average molecular weight is 396 g/mol. The Balaban J connectivity index is 2.59. The summed E-state index contributed by atoms with van der Waals surface area (Å²) in [4.78, 5) is 12.1. The maximum Gasteiger partial charge on any atom is 0.419 e. The third-order valence-corrected chi connectivity index (χ3v) is 3.51. The highest BCUT2D eigenvalue weighted by atomic mass is 127. The van der Waals surface area contributed by atoms with Crippen LogP contribution in [0.2, 0.25) is 5.02 Å². The highest BCUT2D eigenvalue weighted by Crippen LogP contribution is 2.30. The molecule has 0 unspecified atom stereocenters. The van der Waals surface area contributed by atoms with Crippen LogP contribution in [-0.4, -0.2) is 16.3 Å². The van der Waals surface area contributed by atoms with Crippen LogP contribution < -0.4 is 0 Å². The quantitative estimate of drug-likeness (QED) is 0.599.